The number of nitriles is 1. The van der Waals surface area contributed by atoms with E-state index in [9.17, 15) is 0 Å². The van der Waals surface area contributed by atoms with Crippen molar-refractivity contribution in [1.82, 2.24) is 19.1 Å². The van der Waals surface area contributed by atoms with E-state index in [-0.39, 0.29) is 6.04 Å². The number of hydrogen-bond donors (Lipinski definition) is 1. The van der Waals surface area contributed by atoms with Crippen molar-refractivity contribution in [1.29, 1.82) is 5.26 Å². The molecular formula is C10H12N6S. The predicted molar refractivity (Wildman–Crippen MR) is 64.6 cm³/mol. The number of rotatable bonds is 3. The lowest BCUT2D eigenvalue weighted by molar-refractivity contribution is 0.721. The standard InChI is InChI=1S/C10H12N6S/c1-6-8(4-11)10(17-15-6)13-7(2)9-14-12-5-16(9)3/h5,7,13H,1-3H3. The van der Waals surface area contributed by atoms with Gasteiger partial charge in [-0.15, -0.1) is 10.2 Å². The SMILES string of the molecule is Cc1nsc(NC(C)c2nncn2C)c1C#N. The summed E-state index contributed by atoms with van der Waals surface area (Å²) in [6.45, 7) is 3.80. The van der Waals surface area contributed by atoms with E-state index in [0.717, 1.165) is 16.5 Å². The number of nitrogens with zero attached hydrogens (tertiary/aromatic N) is 5. The molecule has 0 saturated heterocycles. The van der Waals surface area contributed by atoms with Gasteiger partial charge in [-0.25, -0.2) is 0 Å². The van der Waals surface area contributed by atoms with Crippen molar-refractivity contribution in [2.75, 3.05) is 5.32 Å². The van der Waals surface area contributed by atoms with E-state index in [0.29, 0.717) is 5.56 Å². The summed E-state index contributed by atoms with van der Waals surface area (Å²) >= 11 is 1.29. The van der Waals surface area contributed by atoms with Gasteiger partial charge in [-0.05, 0) is 25.4 Å². The van der Waals surface area contributed by atoms with E-state index in [1.54, 1.807) is 6.33 Å². The van der Waals surface area contributed by atoms with E-state index in [1.165, 1.54) is 11.5 Å². The zero-order chi connectivity index (χ0) is 12.4. The third kappa shape index (κ3) is 2.12. The molecule has 0 aromatic carbocycles. The van der Waals surface area contributed by atoms with E-state index >= 15 is 0 Å². The van der Waals surface area contributed by atoms with Gasteiger partial charge < -0.3 is 9.88 Å². The summed E-state index contributed by atoms with van der Waals surface area (Å²) in [5.74, 6) is 0.819. The van der Waals surface area contributed by atoms with Crippen LogP contribution in [0.4, 0.5) is 5.00 Å². The van der Waals surface area contributed by atoms with Crippen LogP contribution in [0.15, 0.2) is 6.33 Å². The Labute approximate surface area is 103 Å². The molecule has 1 atom stereocenters. The maximum absolute atomic E-state index is 9.03. The van der Waals surface area contributed by atoms with Crippen molar-refractivity contribution in [2.24, 2.45) is 7.05 Å². The molecule has 0 fully saturated rings. The highest BCUT2D eigenvalue weighted by Crippen LogP contribution is 2.27. The van der Waals surface area contributed by atoms with Gasteiger partial charge in [0.05, 0.1) is 11.7 Å². The summed E-state index contributed by atoms with van der Waals surface area (Å²) in [4.78, 5) is 0. The van der Waals surface area contributed by atoms with Gasteiger partial charge in [-0.2, -0.15) is 9.64 Å². The molecule has 17 heavy (non-hydrogen) atoms. The fraction of sp³-hybridized carbons (Fsp3) is 0.400. The Hall–Kier alpha value is -1.94. The molecule has 7 heteroatoms. The topological polar surface area (TPSA) is 79.4 Å². The third-order valence-corrected chi connectivity index (χ3v) is 3.33. The summed E-state index contributed by atoms with van der Waals surface area (Å²) in [5, 5.41) is 20.9. The Kier molecular flexibility index (Phi) is 3.06. The first-order valence-electron chi connectivity index (χ1n) is 5.10. The molecule has 1 unspecified atom stereocenters. The van der Waals surface area contributed by atoms with Crippen LogP contribution in [-0.2, 0) is 7.05 Å². The van der Waals surface area contributed by atoms with Gasteiger partial charge in [-0.1, -0.05) is 0 Å². The molecule has 0 saturated carbocycles. The Bertz CT molecular complexity index is 564. The smallest absolute Gasteiger partial charge is 0.154 e. The third-order valence-electron chi connectivity index (χ3n) is 2.46. The lowest BCUT2D eigenvalue weighted by Gasteiger charge is -2.12. The quantitative estimate of drug-likeness (QED) is 0.893. The predicted octanol–water partition coefficient (Wildman–Crippen LogP) is 1.62. The van der Waals surface area contributed by atoms with Crippen LogP contribution in [0, 0.1) is 18.3 Å². The van der Waals surface area contributed by atoms with Crippen molar-refractivity contribution in [3.8, 4) is 6.07 Å². The van der Waals surface area contributed by atoms with Gasteiger partial charge in [0, 0.05) is 7.05 Å². The molecule has 0 bridgehead atoms. The summed E-state index contributed by atoms with van der Waals surface area (Å²) in [7, 11) is 1.89. The Morgan fingerprint density at radius 3 is 2.94 bits per heavy atom. The molecule has 88 valence electrons. The zero-order valence-corrected chi connectivity index (χ0v) is 10.6. The van der Waals surface area contributed by atoms with Crippen LogP contribution >= 0.6 is 11.5 Å². The number of anilines is 1. The monoisotopic (exact) mass is 248 g/mol. The second-order valence-corrected chi connectivity index (χ2v) is 4.52. The second-order valence-electron chi connectivity index (χ2n) is 3.75. The average molecular weight is 248 g/mol. The fourth-order valence-corrected chi connectivity index (χ4v) is 2.38. The lowest BCUT2D eigenvalue weighted by atomic mass is 10.2. The Balaban J connectivity index is 2.22. The van der Waals surface area contributed by atoms with Gasteiger partial charge in [0.2, 0.25) is 0 Å². The first kappa shape index (κ1) is 11.5. The minimum atomic E-state index is -0.0190. The van der Waals surface area contributed by atoms with Crippen molar-refractivity contribution >= 4 is 16.5 Å². The van der Waals surface area contributed by atoms with Crippen LogP contribution in [0.2, 0.25) is 0 Å². The maximum atomic E-state index is 9.03. The van der Waals surface area contributed by atoms with Gasteiger partial charge in [0.15, 0.2) is 5.82 Å². The summed E-state index contributed by atoms with van der Waals surface area (Å²) in [6.07, 6.45) is 1.65. The first-order valence-corrected chi connectivity index (χ1v) is 5.87. The number of nitrogens with one attached hydrogen (secondary N) is 1. The second kappa shape index (κ2) is 4.51. The molecule has 1 N–H and O–H groups in total. The van der Waals surface area contributed by atoms with Crippen LogP contribution in [0.5, 0.6) is 0 Å². The van der Waals surface area contributed by atoms with Crippen LogP contribution in [0.3, 0.4) is 0 Å². The molecule has 0 amide bonds. The van der Waals surface area contributed by atoms with Crippen molar-refractivity contribution in [3.05, 3.63) is 23.4 Å². The lowest BCUT2D eigenvalue weighted by Crippen LogP contribution is -2.11. The van der Waals surface area contributed by atoms with Gasteiger partial charge >= 0.3 is 0 Å². The van der Waals surface area contributed by atoms with Crippen molar-refractivity contribution in [3.63, 3.8) is 0 Å². The highest BCUT2D eigenvalue weighted by molar-refractivity contribution is 7.10. The molecule has 0 aliphatic heterocycles. The average Bonchev–Trinajstić information content (AvgIpc) is 2.85. The molecule has 0 aliphatic carbocycles. The minimum absolute atomic E-state index is 0.0190. The molecule has 2 heterocycles. The largest absolute Gasteiger partial charge is 0.365 e. The van der Waals surface area contributed by atoms with E-state index < -0.39 is 0 Å². The molecular weight excluding hydrogens is 236 g/mol. The summed E-state index contributed by atoms with van der Waals surface area (Å²) in [6, 6.07) is 2.13. The van der Waals surface area contributed by atoms with E-state index in [1.807, 2.05) is 25.5 Å². The van der Waals surface area contributed by atoms with E-state index in [2.05, 4.69) is 26.0 Å². The Morgan fingerprint density at radius 1 is 1.59 bits per heavy atom. The van der Waals surface area contributed by atoms with Crippen LogP contribution in [0.25, 0.3) is 0 Å². The molecule has 2 aromatic heterocycles. The van der Waals surface area contributed by atoms with Crippen LogP contribution in [-0.4, -0.2) is 19.1 Å². The van der Waals surface area contributed by atoms with Crippen molar-refractivity contribution in [2.45, 2.75) is 19.9 Å². The molecule has 2 aromatic rings. The first-order chi connectivity index (χ1) is 8.13. The van der Waals surface area contributed by atoms with Gasteiger partial charge in [-0.3, -0.25) is 0 Å². The fourth-order valence-electron chi connectivity index (χ4n) is 1.55. The zero-order valence-electron chi connectivity index (χ0n) is 9.80. The maximum Gasteiger partial charge on any atom is 0.154 e. The highest BCUT2D eigenvalue weighted by atomic mass is 32.1. The summed E-state index contributed by atoms with van der Waals surface area (Å²) < 4.78 is 6.00. The molecule has 0 spiro atoms. The minimum Gasteiger partial charge on any atom is -0.365 e. The molecule has 2 rings (SSSR count). The van der Waals surface area contributed by atoms with Crippen molar-refractivity contribution < 1.29 is 0 Å². The normalized spacial score (nSPS) is 12.1. The number of aromatic nitrogens is 4. The van der Waals surface area contributed by atoms with Crippen LogP contribution < -0.4 is 5.32 Å². The highest BCUT2D eigenvalue weighted by Gasteiger charge is 2.16. The number of aryl methyl sites for hydroxylation is 2. The van der Waals surface area contributed by atoms with Crippen LogP contribution in [0.1, 0.15) is 30.0 Å². The molecule has 0 radical (unpaired) electrons. The molecule has 0 aliphatic rings. The number of hydrogen-bond acceptors (Lipinski definition) is 6. The Morgan fingerprint density at radius 2 is 2.35 bits per heavy atom. The molecule has 6 nitrogen and oxygen atoms in total. The van der Waals surface area contributed by atoms with E-state index in [4.69, 9.17) is 5.26 Å². The van der Waals surface area contributed by atoms with Gasteiger partial charge in [0.25, 0.3) is 0 Å². The summed E-state index contributed by atoms with van der Waals surface area (Å²) in [5.41, 5.74) is 1.36. The van der Waals surface area contributed by atoms with Gasteiger partial charge in [0.1, 0.15) is 23.0 Å².